The molecule has 0 amide bonds. The van der Waals surface area contributed by atoms with Crippen molar-refractivity contribution in [1.82, 2.24) is 9.78 Å². The lowest BCUT2D eigenvalue weighted by molar-refractivity contribution is 0.644. The number of rotatable bonds is 3. The molecule has 0 aliphatic carbocycles. The molecule has 0 spiro atoms. The van der Waals surface area contributed by atoms with Gasteiger partial charge in [0.25, 0.3) is 0 Å². The fraction of sp³-hybridized carbons (Fsp3) is 0.364. The summed E-state index contributed by atoms with van der Waals surface area (Å²) in [6, 6.07) is 3.82. The van der Waals surface area contributed by atoms with Gasteiger partial charge in [0.1, 0.15) is 0 Å². The van der Waals surface area contributed by atoms with Crippen LogP contribution in [0.1, 0.15) is 22.3 Å². The Bertz CT molecular complexity index is 535. The highest BCUT2D eigenvalue weighted by Gasteiger charge is 2.16. The first-order valence-corrected chi connectivity index (χ1v) is 7.16. The second-order valence-electron chi connectivity index (χ2n) is 3.92. The van der Waals surface area contributed by atoms with Crippen LogP contribution in [0.25, 0.3) is 0 Å². The molecular weight excluding hydrogens is 322 g/mol. The first-order chi connectivity index (χ1) is 7.99. The molecule has 2 N–H and O–H groups in total. The van der Waals surface area contributed by atoms with E-state index in [1.54, 1.807) is 0 Å². The first kappa shape index (κ1) is 13.1. The van der Waals surface area contributed by atoms with Gasteiger partial charge in [-0.25, -0.2) is 0 Å². The molecule has 3 nitrogen and oxygen atoms in total. The van der Waals surface area contributed by atoms with Crippen molar-refractivity contribution in [2.24, 2.45) is 12.8 Å². The maximum absolute atomic E-state index is 6.18. The molecule has 6 heteroatoms. The van der Waals surface area contributed by atoms with E-state index in [-0.39, 0.29) is 6.04 Å². The molecule has 17 heavy (non-hydrogen) atoms. The lowest BCUT2D eigenvalue weighted by Gasteiger charge is -2.10. The van der Waals surface area contributed by atoms with Crippen molar-refractivity contribution >= 4 is 38.9 Å². The quantitative estimate of drug-likeness (QED) is 0.934. The summed E-state index contributed by atoms with van der Waals surface area (Å²) >= 11 is 11.0. The summed E-state index contributed by atoms with van der Waals surface area (Å²) in [5.74, 6) is 0. The van der Waals surface area contributed by atoms with E-state index in [2.05, 4.69) is 21.0 Å². The Balaban J connectivity index is 2.21. The van der Waals surface area contributed by atoms with E-state index in [4.69, 9.17) is 17.3 Å². The Kier molecular flexibility index (Phi) is 3.92. The number of aromatic nitrogens is 2. The smallest absolute Gasteiger partial charge is 0.0931 e. The third-order valence-corrected chi connectivity index (χ3v) is 5.03. The number of halogens is 2. The molecule has 2 aromatic rings. The Labute approximate surface area is 118 Å². The molecular formula is C11H13BrClN3S. The van der Waals surface area contributed by atoms with Crippen molar-refractivity contribution in [2.45, 2.75) is 19.4 Å². The van der Waals surface area contributed by atoms with Gasteiger partial charge in [-0.1, -0.05) is 11.6 Å². The topological polar surface area (TPSA) is 43.8 Å². The van der Waals surface area contributed by atoms with Crippen LogP contribution >= 0.6 is 38.9 Å². The molecule has 1 atom stereocenters. The van der Waals surface area contributed by atoms with E-state index in [1.807, 2.05) is 30.8 Å². The fourth-order valence-electron chi connectivity index (χ4n) is 1.74. The van der Waals surface area contributed by atoms with Crippen molar-refractivity contribution in [3.05, 3.63) is 37.2 Å². The minimum Gasteiger partial charge on any atom is -0.323 e. The average molecular weight is 335 g/mol. The molecule has 0 bridgehead atoms. The van der Waals surface area contributed by atoms with E-state index in [1.165, 1.54) is 11.3 Å². The highest BCUT2D eigenvalue weighted by atomic mass is 79.9. The predicted octanol–water partition coefficient (Wildman–Crippen LogP) is 3.45. The van der Waals surface area contributed by atoms with E-state index in [0.717, 1.165) is 31.5 Å². The van der Waals surface area contributed by atoms with E-state index >= 15 is 0 Å². The van der Waals surface area contributed by atoms with E-state index in [9.17, 15) is 0 Å². The van der Waals surface area contributed by atoms with Gasteiger partial charge in [-0.2, -0.15) is 5.10 Å². The number of hydrogen-bond acceptors (Lipinski definition) is 3. The summed E-state index contributed by atoms with van der Waals surface area (Å²) in [5.41, 5.74) is 8.27. The number of thiophene rings is 1. The second kappa shape index (κ2) is 5.10. The zero-order chi connectivity index (χ0) is 12.6. The van der Waals surface area contributed by atoms with Crippen LogP contribution in [0.5, 0.6) is 0 Å². The number of aryl methyl sites for hydroxylation is 2. The van der Waals surface area contributed by atoms with Crippen molar-refractivity contribution in [1.29, 1.82) is 0 Å². The zero-order valence-corrected chi connectivity index (χ0v) is 12.7. The van der Waals surface area contributed by atoms with Gasteiger partial charge in [-0.15, -0.1) is 11.3 Å². The van der Waals surface area contributed by atoms with Gasteiger partial charge >= 0.3 is 0 Å². The van der Waals surface area contributed by atoms with Crippen molar-refractivity contribution in [2.75, 3.05) is 0 Å². The molecule has 0 aliphatic heterocycles. The number of hydrogen-bond donors (Lipinski definition) is 1. The number of nitrogens with zero attached hydrogens (tertiary/aromatic N) is 2. The summed E-state index contributed by atoms with van der Waals surface area (Å²) in [7, 11) is 1.93. The van der Waals surface area contributed by atoms with Crippen LogP contribution in [-0.2, 0) is 13.5 Å². The summed E-state index contributed by atoms with van der Waals surface area (Å²) in [6.07, 6.45) is 0.745. The van der Waals surface area contributed by atoms with Crippen LogP contribution in [0, 0.1) is 6.92 Å². The SMILES string of the molecule is Cc1nn(C)c(CC(N)c2ccc(Cl)s2)c1Br. The third-order valence-electron chi connectivity index (χ3n) is 2.63. The van der Waals surface area contributed by atoms with Crippen LogP contribution in [0.15, 0.2) is 16.6 Å². The zero-order valence-electron chi connectivity index (χ0n) is 9.58. The van der Waals surface area contributed by atoms with Crippen LogP contribution in [0.3, 0.4) is 0 Å². The lowest BCUT2D eigenvalue weighted by Crippen LogP contribution is -2.14. The van der Waals surface area contributed by atoms with Gasteiger partial charge in [-0.3, -0.25) is 4.68 Å². The standard InChI is InChI=1S/C11H13BrClN3S/c1-6-11(12)8(16(2)15-6)5-7(14)9-3-4-10(13)17-9/h3-4,7H,5,14H2,1-2H3. The van der Waals surface area contributed by atoms with Gasteiger partial charge in [-0.05, 0) is 35.0 Å². The minimum atomic E-state index is -0.0430. The summed E-state index contributed by atoms with van der Waals surface area (Å²) < 4.78 is 3.68. The van der Waals surface area contributed by atoms with Crippen molar-refractivity contribution in [3.63, 3.8) is 0 Å². The molecule has 0 saturated carbocycles. The monoisotopic (exact) mass is 333 g/mol. The van der Waals surface area contributed by atoms with E-state index in [0.29, 0.717) is 0 Å². The van der Waals surface area contributed by atoms with Gasteiger partial charge in [0.15, 0.2) is 0 Å². The Morgan fingerprint density at radius 2 is 2.29 bits per heavy atom. The summed E-state index contributed by atoms with van der Waals surface area (Å²) in [4.78, 5) is 1.10. The first-order valence-electron chi connectivity index (χ1n) is 5.18. The third kappa shape index (κ3) is 2.73. The van der Waals surface area contributed by atoms with E-state index < -0.39 is 0 Å². The molecule has 0 radical (unpaired) electrons. The Hall–Kier alpha value is -0.360. The van der Waals surface area contributed by atoms with Crippen LogP contribution < -0.4 is 5.73 Å². The maximum atomic E-state index is 6.18. The average Bonchev–Trinajstić information content (AvgIpc) is 2.79. The lowest BCUT2D eigenvalue weighted by atomic mass is 10.1. The van der Waals surface area contributed by atoms with Crippen molar-refractivity contribution in [3.8, 4) is 0 Å². The molecule has 92 valence electrons. The molecule has 2 heterocycles. The molecule has 0 aromatic carbocycles. The molecule has 0 saturated heterocycles. The fourth-order valence-corrected chi connectivity index (χ4v) is 3.30. The summed E-state index contributed by atoms with van der Waals surface area (Å²) in [6.45, 7) is 1.97. The van der Waals surface area contributed by atoms with Crippen molar-refractivity contribution < 1.29 is 0 Å². The highest BCUT2D eigenvalue weighted by molar-refractivity contribution is 9.10. The molecule has 2 aromatic heterocycles. The van der Waals surface area contributed by atoms with Gasteiger partial charge in [0.05, 0.1) is 20.2 Å². The second-order valence-corrected chi connectivity index (χ2v) is 6.46. The summed E-state index contributed by atoms with van der Waals surface area (Å²) in [5, 5.41) is 4.35. The molecule has 0 fully saturated rings. The largest absolute Gasteiger partial charge is 0.323 e. The Morgan fingerprint density at radius 3 is 2.76 bits per heavy atom. The van der Waals surface area contributed by atoms with Crippen LogP contribution in [-0.4, -0.2) is 9.78 Å². The molecule has 1 unspecified atom stereocenters. The maximum Gasteiger partial charge on any atom is 0.0931 e. The molecule has 2 rings (SSSR count). The normalized spacial score (nSPS) is 13.0. The predicted molar refractivity (Wildman–Crippen MR) is 75.6 cm³/mol. The van der Waals surface area contributed by atoms with Gasteiger partial charge in [0, 0.05) is 24.4 Å². The van der Waals surface area contributed by atoms with Gasteiger partial charge < -0.3 is 5.73 Å². The Morgan fingerprint density at radius 1 is 1.59 bits per heavy atom. The van der Waals surface area contributed by atoms with Crippen LogP contribution in [0.4, 0.5) is 0 Å². The highest BCUT2D eigenvalue weighted by Crippen LogP contribution is 2.30. The number of nitrogens with two attached hydrogens (primary N) is 1. The molecule has 0 aliphatic rings. The van der Waals surface area contributed by atoms with Gasteiger partial charge in [0.2, 0.25) is 0 Å². The van der Waals surface area contributed by atoms with Crippen LogP contribution in [0.2, 0.25) is 4.34 Å². The minimum absolute atomic E-state index is 0.0430.